The predicted molar refractivity (Wildman–Crippen MR) is 99.9 cm³/mol. The van der Waals surface area contributed by atoms with Gasteiger partial charge in [-0.15, -0.1) is 6.58 Å². The number of nitrogens with zero attached hydrogens (tertiary/aromatic N) is 1. The molecule has 1 fully saturated rings. The molecule has 1 aromatic heterocycles. The van der Waals surface area contributed by atoms with Crippen LogP contribution in [0.2, 0.25) is 0 Å². The van der Waals surface area contributed by atoms with E-state index in [0.29, 0.717) is 0 Å². The van der Waals surface area contributed by atoms with Crippen LogP contribution in [-0.2, 0) is 36.6 Å². The molecule has 2 heterocycles. The minimum absolute atomic E-state index is 0.604. The Kier molecular flexibility index (Phi) is 7.43. The molecule has 0 radical (unpaired) electrons. The van der Waals surface area contributed by atoms with Gasteiger partial charge in [0.05, 0.1) is 13.2 Å². The van der Waals surface area contributed by atoms with E-state index >= 15 is 0 Å². The zero-order chi connectivity index (χ0) is 23.9. The molecule has 3 unspecified atom stereocenters. The number of phosphoric acid groups is 3. The van der Waals surface area contributed by atoms with E-state index in [1.807, 2.05) is 4.98 Å². The second-order valence-electron chi connectivity index (χ2n) is 6.01. The fraction of sp³-hybridized carbons (Fsp3) is 0.455. The van der Waals surface area contributed by atoms with Crippen LogP contribution in [0.3, 0.4) is 0 Å². The highest BCUT2D eigenvalue weighted by Gasteiger charge is 2.59. The monoisotopic (exact) mass is 528 g/mol. The van der Waals surface area contributed by atoms with Crippen LogP contribution in [0.1, 0.15) is 0 Å². The topological polar surface area (TPSA) is 244 Å². The van der Waals surface area contributed by atoms with Crippen molar-refractivity contribution in [3.05, 3.63) is 45.8 Å². The van der Waals surface area contributed by atoms with Crippen molar-refractivity contribution in [2.75, 3.05) is 13.2 Å². The third-order valence-electron chi connectivity index (χ3n) is 3.86. The number of alkyl halides is 1. The van der Waals surface area contributed by atoms with Crippen LogP contribution in [0.15, 0.2) is 34.5 Å². The maximum absolute atomic E-state index is 12.0. The average molecular weight is 529 g/mol. The highest BCUT2D eigenvalue weighted by molar-refractivity contribution is 7.66. The molecular weight excluding hydrogens is 512 g/mol. The van der Waals surface area contributed by atoms with E-state index in [9.17, 15) is 33.3 Å². The van der Waals surface area contributed by atoms with Crippen molar-refractivity contribution in [3.8, 4) is 0 Å². The molecule has 20 heteroatoms. The van der Waals surface area contributed by atoms with Gasteiger partial charge >= 0.3 is 29.2 Å². The van der Waals surface area contributed by atoms with Crippen molar-refractivity contribution >= 4 is 35.1 Å². The molecule has 5 atom stereocenters. The Morgan fingerprint density at radius 2 is 1.87 bits per heavy atom. The predicted octanol–water partition coefficient (Wildman–Crippen LogP) is -0.913. The number of ether oxygens (including phenoxy) is 1. The number of aromatic nitrogens is 2. The number of aromatic amines is 1. The summed E-state index contributed by atoms with van der Waals surface area (Å²) in [6, 6.07) is 0.929. The lowest BCUT2D eigenvalue weighted by Crippen LogP contribution is -2.53. The smallest absolute Gasteiger partial charge is 0.386 e. The van der Waals surface area contributed by atoms with Crippen LogP contribution < -0.4 is 11.2 Å². The zero-order valence-electron chi connectivity index (χ0n) is 15.0. The van der Waals surface area contributed by atoms with Crippen LogP contribution >= 0.6 is 35.1 Å². The minimum atomic E-state index is -5.76. The molecule has 0 aromatic carbocycles. The quantitative estimate of drug-likeness (QED) is 0.129. The lowest BCUT2D eigenvalue weighted by Gasteiger charge is -2.33. The molecular formula is C11H16ClN2O14P3. The van der Waals surface area contributed by atoms with E-state index in [2.05, 4.69) is 19.7 Å². The van der Waals surface area contributed by atoms with Crippen molar-refractivity contribution in [2.45, 2.75) is 16.7 Å². The Morgan fingerprint density at radius 3 is 2.39 bits per heavy atom. The van der Waals surface area contributed by atoms with E-state index < -0.39 is 64.6 Å². The Balaban J connectivity index is 2.24. The van der Waals surface area contributed by atoms with Gasteiger partial charge in [-0.1, -0.05) is 17.7 Å². The zero-order valence-corrected chi connectivity index (χ0v) is 18.4. The first-order chi connectivity index (χ1) is 14.0. The van der Waals surface area contributed by atoms with Crippen molar-refractivity contribution in [1.82, 2.24) is 9.55 Å². The molecule has 1 saturated heterocycles. The number of halogens is 1. The Hall–Kier alpha value is -0.960. The van der Waals surface area contributed by atoms with Gasteiger partial charge in [0.25, 0.3) is 5.56 Å². The highest BCUT2D eigenvalue weighted by atomic mass is 35.5. The second-order valence-corrected chi connectivity index (χ2v) is 11.1. The third kappa shape index (κ3) is 6.09. The minimum Gasteiger partial charge on any atom is -0.386 e. The lowest BCUT2D eigenvalue weighted by molar-refractivity contribution is -0.0562. The van der Waals surface area contributed by atoms with Gasteiger partial charge in [-0.25, -0.2) is 18.5 Å². The van der Waals surface area contributed by atoms with Gasteiger partial charge in [0.2, 0.25) is 0 Å². The number of aliphatic hydroxyl groups excluding tert-OH is 1. The van der Waals surface area contributed by atoms with Crippen LogP contribution in [0.4, 0.5) is 0 Å². The fourth-order valence-corrected chi connectivity index (χ4v) is 5.95. The van der Waals surface area contributed by atoms with Gasteiger partial charge in [0.15, 0.2) is 5.00 Å². The molecule has 0 bridgehead atoms. The Bertz CT molecular complexity index is 1110. The molecule has 31 heavy (non-hydrogen) atoms. The summed E-state index contributed by atoms with van der Waals surface area (Å²) in [7, 11) is -16.9. The number of H-pyrrole nitrogens is 1. The molecule has 0 spiro atoms. The van der Waals surface area contributed by atoms with Gasteiger partial charge in [-0.2, -0.15) is 8.62 Å². The van der Waals surface area contributed by atoms with E-state index in [0.717, 1.165) is 22.9 Å². The number of nitrogens with one attached hydrogen (secondary N) is 1. The summed E-state index contributed by atoms with van der Waals surface area (Å²) in [5, 5.41) is 10.7. The van der Waals surface area contributed by atoms with Crippen LogP contribution in [0.5, 0.6) is 0 Å². The summed E-state index contributed by atoms with van der Waals surface area (Å²) in [4.78, 5) is 58.8. The van der Waals surface area contributed by atoms with E-state index in [4.69, 9.17) is 31.0 Å². The molecule has 1 aromatic rings. The number of aliphatic hydroxyl groups is 1. The normalized spacial score (nSPS) is 30.5. The molecule has 1 aliphatic rings. The van der Waals surface area contributed by atoms with Crippen molar-refractivity contribution in [3.63, 3.8) is 0 Å². The van der Waals surface area contributed by atoms with Gasteiger partial charge in [0, 0.05) is 12.3 Å². The first kappa shape index (κ1) is 26.3. The van der Waals surface area contributed by atoms with Gasteiger partial charge < -0.3 is 29.4 Å². The molecule has 6 N–H and O–H groups in total. The van der Waals surface area contributed by atoms with Crippen molar-refractivity contribution in [2.24, 2.45) is 0 Å². The van der Waals surface area contributed by atoms with Gasteiger partial charge in [0.1, 0.15) is 11.7 Å². The lowest BCUT2D eigenvalue weighted by atomic mass is 9.95. The van der Waals surface area contributed by atoms with Crippen LogP contribution in [0, 0.1) is 0 Å². The van der Waals surface area contributed by atoms with Crippen molar-refractivity contribution < 1.29 is 56.3 Å². The third-order valence-corrected chi connectivity index (χ3v) is 8.14. The largest absolute Gasteiger partial charge is 0.490 e. The number of phosphoric ester groups is 1. The number of hydrogen-bond acceptors (Lipinski definition) is 10. The first-order valence-corrected chi connectivity index (χ1v) is 12.6. The summed E-state index contributed by atoms with van der Waals surface area (Å²) >= 11 is 6.30. The highest BCUT2D eigenvalue weighted by Crippen LogP contribution is 2.66. The number of hydrogen-bond donors (Lipinski definition) is 6. The summed E-state index contributed by atoms with van der Waals surface area (Å²) in [6.07, 6.45) is -0.0547. The SMILES string of the molecule is C=C[C@]1(COP(=O)(O)OP(=O)(O)OP(=O)(O)O)OCC(Cl)(n2ccc(=O)[nH]c2=O)[C@@H]1O. The van der Waals surface area contributed by atoms with E-state index in [-0.39, 0.29) is 0 Å². The molecule has 0 saturated carbocycles. The summed E-state index contributed by atoms with van der Waals surface area (Å²) in [5.41, 5.74) is -3.85. The Morgan fingerprint density at radius 1 is 1.26 bits per heavy atom. The van der Waals surface area contributed by atoms with Crippen LogP contribution in [0.25, 0.3) is 0 Å². The van der Waals surface area contributed by atoms with Crippen LogP contribution in [-0.4, -0.2) is 59.2 Å². The summed E-state index contributed by atoms with van der Waals surface area (Å²) in [6.45, 7) is 1.66. The molecule has 2 rings (SSSR count). The molecule has 0 amide bonds. The number of rotatable bonds is 9. The molecule has 176 valence electrons. The molecule has 16 nitrogen and oxygen atoms in total. The maximum atomic E-state index is 12.0. The van der Waals surface area contributed by atoms with E-state index in [1.165, 1.54) is 0 Å². The maximum Gasteiger partial charge on any atom is 0.490 e. The molecule has 1 aliphatic heterocycles. The standard InChI is InChI=1S/C11H16ClN2O14P3/c1-2-10(5-26-30(21,22)28-31(23,24)27-29(18,19)20)8(16)11(12,6-25-10)14-4-3-7(15)13-9(14)17/h2-4,8,16H,1,5-6H2,(H,21,22)(H,23,24)(H,13,15,17)(H2,18,19,20)/t8-,10-,11?/m1/s1. The summed E-state index contributed by atoms with van der Waals surface area (Å²) in [5.74, 6) is 0. The average Bonchev–Trinajstić information content (AvgIpc) is 2.83. The Labute approximate surface area is 177 Å². The summed E-state index contributed by atoms with van der Waals surface area (Å²) < 4.78 is 51.6. The van der Waals surface area contributed by atoms with Gasteiger partial charge in [-0.3, -0.25) is 18.9 Å². The van der Waals surface area contributed by atoms with E-state index in [1.54, 1.807) is 0 Å². The fourth-order valence-electron chi connectivity index (χ4n) is 2.51. The van der Waals surface area contributed by atoms with Gasteiger partial charge in [-0.05, 0) is 0 Å². The second kappa shape index (κ2) is 8.76. The molecule has 0 aliphatic carbocycles. The first-order valence-electron chi connectivity index (χ1n) is 7.71. The van der Waals surface area contributed by atoms with Crippen molar-refractivity contribution in [1.29, 1.82) is 0 Å².